The van der Waals surface area contributed by atoms with E-state index in [-0.39, 0.29) is 29.9 Å². The second-order valence-electron chi connectivity index (χ2n) is 7.63. The van der Waals surface area contributed by atoms with E-state index in [1.807, 2.05) is 30.5 Å². The molecule has 0 atom stereocenters. The van der Waals surface area contributed by atoms with Crippen molar-refractivity contribution in [1.82, 2.24) is 20.9 Å². The molecule has 2 aromatic rings. The van der Waals surface area contributed by atoms with Gasteiger partial charge in [-0.1, -0.05) is 18.2 Å². The van der Waals surface area contributed by atoms with Gasteiger partial charge in [-0.15, -0.1) is 24.0 Å². The predicted octanol–water partition coefficient (Wildman–Crippen LogP) is 2.74. The fourth-order valence-corrected chi connectivity index (χ4v) is 3.63. The molecule has 2 heterocycles. The van der Waals surface area contributed by atoms with Crippen molar-refractivity contribution in [3.05, 3.63) is 59.3 Å². The van der Waals surface area contributed by atoms with Crippen molar-refractivity contribution in [3.8, 4) is 0 Å². The number of aryl methyl sites for hydroxylation is 1. The average Bonchev–Trinajstić information content (AvgIpc) is 2.79. The summed E-state index contributed by atoms with van der Waals surface area (Å²) < 4.78 is 0. The number of halogens is 1. The number of anilines is 1. The second-order valence-corrected chi connectivity index (χ2v) is 7.63. The Labute approximate surface area is 202 Å². The fourth-order valence-electron chi connectivity index (χ4n) is 3.63. The van der Waals surface area contributed by atoms with E-state index in [2.05, 4.69) is 49.9 Å². The summed E-state index contributed by atoms with van der Waals surface area (Å²) in [5.41, 5.74) is 3.00. The highest BCUT2D eigenvalue weighted by atomic mass is 127. The summed E-state index contributed by atoms with van der Waals surface area (Å²) in [6, 6.07) is 12.3. The van der Waals surface area contributed by atoms with E-state index in [9.17, 15) is 4.79 Å². The number of pyridine rings is 1. The Morgan fingerprint density at radius 2 is 2.00 bits per heavy atom. The van der Waals surface area contributed by atoms with Crippen LogP contribution >= 0.6 is 24.0 Å². The second kappa shape index (κ2) is 12.5. The number of guanidine groups is 1. The van der Waals surface area contributed by atoms with E-state index in [4.69, 9.17) is 0 Å². The van der Waals surface area contributed by atoms with Gasteiger partial charge in [0.1, 0.15) is 5.82 Å². The average molecular weight is 536 g/mol. The van der Waals surface area contributed by atoms with E-state index in [0.29, 0.717) is 11.6 Å². The number of rotatable bonds is 6. The van der Waals surface area contributed by atoms with E-state index in [0.717, 1.165) is 56.2 Å². The van der Waals surface area contributed by atoms with Gasteiger partial charge < -0.3 is 20.9 Å². The third-order valence-electron chi connectivity index (χ3n) is 5.40. The Morgan fingerprint density at radius 3 is 2.65 bits per heavy atom. The van der Waals surface area contributed by atoms with Crippen molar-refractivity contribution in [3.63, 3.8) is 0 Å². The Morgan fingerprint density at radius 1 is 1.23 bits per heavy atom. The van der Waals surface area contributed by atoms with Gasteiger partial charge in [0.2, 0.25) is 0 Å². The maximum absolute atomic E-state index is 11.8. The minimum absolute atomic E-state index is 0. The molecule has 1 amide bonds. The topological polar surface area (TPSA) is 81.6 Å². The molecule has 1 fully saturated rings. The number of nitrogens with zero attached hydrogens (tertiary/aromatic N) is 3. The number of aromatic nitrogens is 1. The molecule has 3 N–H and O–H groups in total. The van der Waals surface area contributed by atoms with Crippen molar-refractivity contribution in [2.75, 3.05) is 38.6 Å². The summed E-state index contributed by atoms with van der Waals surface area (Å²) in [4.78, 5) is 23.0. The number of piperidine rings is 1. The minimum Gasteiger partial charge on any atom is -0.356 e. The first-order valence-electron chi connectivity index (χ1n) is 10.5. The van der Waals surface area contributed by atoms with Crippen LogP contribution in [0.25, 0.3) is 0 Å². The van der Waals surface area contributed by atoms with Gasteiger partial charge in [0.15, 0.2) is 5.96 Å². The monoisotopic (exact) mass is 536 g/mol. The molecule has 1 saturated heterocycles. The smallest absolute Gasteiger partial charge is 0.251 e. The standard InChI is InChI=1S/C23H32N6O.HI/c1-17-7-8-21(27-16-17)29-13-10-20(11-14-29)28-23(25-3)26-12-9-18-5-4-6-19(15-18)22(30)24-2;/h4-8,15-16,20H,9-14H2,1-3H3,(H,24,30)(H2,25,26,28);1H. The Bertz CT molecular complexity index is 863. The number of benzene rings is 1. The molecule has 0 unspecified atom stereocenters. The first-order valence-corrected chi connectivity index (χ1v) is 10.5. The lowest BCUT2D eigenvalue weighted by molar-refractivity contribution is 0.0963. The lowest BCUT2D eigenvalue weighted by atomic mass is 10.1. The molecule has 1 aliphatic rings. The molecule has 1 aromatic heterocycles. The summed E-state index contributed by atoms with van der Waals surface area (Å²) in [5.74, 6) is 1.82. The van der Waals surface area contributed by atoms with Crippen molar-refractivity contribution < 1.29 is 4.79 Å². The molecular weight excluding hydrogens is 503 g/mol. The lowest BCUT2D eigenvalue weighted by Crippen LogP contribution is -2.49. The molecule has 0 spiro atoms. The summed E-state index contributed by atoms with van der Waals surface area (Å²) >= 11 is 0. The number of aliphatic imine (C=N–C) groups is 1. The van der Waals surface area contributed by atoms with Crippen molar-refractivity contribution in [2.24, 2.45) is 4.99 Å². The SMILES string of the molecule is CN=C(NCCc1cccc(C(=O)NC)c1)NC1CCN(c2ccc(C)cn2)CC1.I. The predicted molar refractivity (Wildman–Crippen MR) is 138 cm³/mol. The zero-order chi connectivity index (χ0) is 21.3. The van der Waals surface area contributed by atoms with Crippen molar-refractivity contribution in [1.29, 1.82) is 0 Å². The lowest BCUT2D eigenvalue weighted by Gasteiger charge is -2.33. The molecule has 1 aliphatic heterocycles. The highest BCUT2D eigenvalue weighted by Crippen LogP contribution is 2.18. The summed E-state index contributed by atoms with van der Waals surface area (Å²) in [5, 5.41) is 9.59. The largest absolute Gasteiger partial charge is 0.356 e. The van der Waals surface area contributed by atoms with E-state index in [1.54, 1.807) is 14.1 Å². The summed E-state index contributed by atoms with van der Waals surface area (Å²) in [6.07, 6.45) is 4.84. The molecule has 0 bridgehead atoms. The number of hydrogen-bond acceptors (Lipinski definition) is 4. The van der Waals surface area contributed by atoms with Crippen LogP contribution in [0.5, 0.6) is 0 Å². The van der Waals surface area contributed by atoms with Crippen LogP contribution < -0.4 is 20.9 Å². The van der Waals surface area contributed by atoms with Crippen LogP contribution in [0.2, 0.25) is 0 Å². The van der Waals surface area contributed by atoms with E-state index < -0.39 is 0 Å². The first kappa shape index (κ1) is 24.9. The van der Waals surface area contributed by atoms with Crippen LogP contribution in [-0.2, 0) is 6.42 Å². The van der Waals surface area contributed by atoms with Gasteiger partial charge in [0.25, 0.3) is 5.91 Å². The molecule has 31 heavy (non-hydrogen) atoms. The molecule has 8 heteroatoms. The molecule has 7 nitrogen and oxygen atoms in total. The highest BCUT2D eigenvalue weighted by molar-refractivity contribution is 14.0. The molecular formula is C23H33IN6O. The summed E-state index contributed by atoms with van der Waals surface area (Å²) in [6.45, 7) is 4.78. The zero-order valence-electron chi connectivity index (χ0n) is 18.5. The number of hydrogen-bond donors (Lipinski definition) is 3. The zero-order valence-corrected chi connectivity index (χ0v) is 20.8. The Kier molecular flexibility index (Phi) is 10.0. The molecule has 0 radical (unpaired) electrons. The van der Waals surface area contributed by atoms with Gasteiger partial charge in [-0.2, -0.15) is 0 Å². The third kappa shape index (κ3) is 7.37. The van der Waals surface area contributed by atoms with Gasteiger partial charge in [-0.25, -0.2) is 4.98 Å². The van der Waals surface area contributed by atoms with Crippen LogP contribution in [-0.4, -0.2) is 56.6 Å². The molecule has 3 rings (SSSR count). The Balaban J connectivity index is 0.00000341. The summed E-state index contributed by atoms with van der Waals surface area (Å²) in [7, 11) is 3.45. The number of amides is 1. The third-order valence-corrected chi connectivity index (χ3v) is 5.40. The van der Waals surface area contributed by atoms with Gasteiger partial charge >= 0.3 is 0 Å². The molecule has 0 saturated carbocycles. The van der Waals surface area contributed by atoms with Crippen molar-refractivity contribution >= 4 is 41.7 Å². The quantitative estimate of drug-likeness (QED) is 0.301. The van der Waals surface area contributed by atoms with Crippen LogP contribution in [0.1, 0.15) is 34.3 Å². The Hall–Kier alpha value is -2.36. The molecule has 0 aliphatic carbocycles. The van der Waals surface area contributed by atoms with Crippen molar-refractivity contribution in [2.45, 2.75) is 32.2 Å². The fraction of sp³-hybridized carbons (Fsp3) is 0.435. The normalized spacial score (nSPS) is 14.5. The van der Waals surface area contributed by atoms with Crippen LogP contribution in [0, 0.1) is 6.92 Å². The van der Waals surface area contributed by atoms with Gasteiger partial charge in [-0.05, 0) is 55.5 Å². The first-order chi connectivity index (χ1) is 14.6. The van der Waals surface area contributed by atoms with Gasteiger partial charge in [0, 0.05) is 51.5 Å². The highest BCUT2D eigenvalue weighted by Gasteiger charge is 2.20. The van der Waals surface area contributed by atoms with Gasteiger partial charge in [0.05, 0.1) is 0 Å². The van der Waals surface area contributed by atoms with E-state index >= 15 is 0 Å². The van der Waals surface area contributed by atoms with Crippen LogP contribution in [0.4, 0.5) is 5.82 Å². The van der Waals surface area contributed by atoms with E-state index in [1.165, 1.54) is 5.56 Å². The number of carbonyl (C=O) groups excluding carboxylic acids is 1. The maximum Gasteiger partial charge on any atom is 0.251 e. The van der Waals surface area contributed by atoms with Crippen LogP contribution in [0.3, 0.4) is 0 Å². The van der Waals surface area contributed by atoms with Gasteiger partial charge in [-0.3, -0.25) is 9.79 Å². The molecule has 168 valence electrons. The maximum atomic E-state index is 11.8. The van der Waals surface area contributed by atoms with Crippen LogP contribution in [0.15, 0.2) is 47.6 Å². The number of carbonyl (C=O) groups is 1. The molecule has 1 aromatic carbocycles. The minimum atomic E-state index is -0.0607. The number of nitrogens with one attached hydrogen (secondary N) is 3.